The fraction of sp³-hybridized carbons (Fsp3) is 0.571. The Labute approximate surface area is 98.7 Å². The average Bonchev–Trinajstić information content (AvgIpc) is 2.16. The van der Waals surface area contributed by atoms with Crippen LogP contribution in [-0.4, -0.2) is 11.1 Å². The molecule has 2 atom stereocenters. The third-order valence-corrected chi connectivity index (χ3v) is 3.20. The first-order valence-corrected chi connectivity index (χ1v) is 5.86. The molecule has 0 aliphatic rings. The Hall–Kier alpha value is -1.02. The van der Waals surface area contributed by atoms with Crippen LogP contribution in [0.4, 0.5) is 0 Å². The Morgan fingerprint density at radius 2 is 1.69 bits per heavy atom. The molecule has 16 heavy (non-hydrogen) atoms. The summed E-state index contributed by atoms with van der Waals surface area (Å²) in [6, 6.07) is 8.04. The van der Waals surface area contributed by atoms with Gasteiger partial charge in [0.05, 0.1) is 0 Å². The molecule has 1 aromatic carbocycles. The Kier molecular flexibility index (Phi) is 3.98. The Morgan fingerprint density at radius 1 is 1.12 bits per heavy atom. The molecular formula is C14H23NO. The van der Waals surface area contributed by atoms with Gasteiger partial charge < -0.3 is 10.4 Å². The van der Waals surface area contributed by atoms with Gasteiger partial charge in [-0.05, 0) is 25.3 Å². The molecule has 0 spiro atoms. The fourth-order valence-corrected chi connectivity index (χ4v) is 1.57. The number of phenols is 1. The summed E-state index contributed by atoms with van der Waals surface area (Å²) >= 11 is 0. The van der Waals surface area contributed by atoms with E-state index < -0.39 is 0 Å². The van der Waals surface area contributed by atoms with E-state index in [-0.39, 0.29) is 11.5 Å². The Morgan fingerprint density at radius 3 is 2.19 bits per heavy atom. The lowest BCUT2D eigenvalue weighted by molar-refractivity contribution is 0.266. The first kappa shape index (κ1) is 13.0. The van der Waals surface area contributed by atoms with Gasteiger partial charge in [0.1, 0.15) is 5.75 Å². The number of para-hydroxylation sites is 1. The zero-order valence-electron chi connectivity index (χ0n) is 10.9. The molecular weight excluding hydrogens is 198 g/mol. The van der Waals surface area contributed by atoms with Crippen LogP contribution in [0, 0.1) is 5.41 Å². The normalized spacial score (nSPS) is 15.8. The van der Waals surface area contributed by atoms with Crippen LogP contribution in [0.15, 0.2) is 24.3 Å². The minimum absolute atomic E-state index is 0.162. The summed E-state index contributed by atoms with van der Waals surface area (Å²) in [5.74, 6) is 0.364. The predicted molar refractivity (Wildman–Crippen MR) is 68.6 cm³/mol. The first-order chi connectivity index (χ1) is 7.32. The fourth-order valence-electron chi connectivity index (χ4n) is 1.57. The lowest BCUT2D eigenvalue weighted by Gasteiger charge is -2.31. The maximum Gasteiger partial charge on any atom is 0.120 e. The van der Waals surface area contributed by atoms with Crippen LogP contribution in [0.2, 0.25) is 0 Å². The van der Waals surface area contributed by atoms with Crippen molar-refractivity contribution >= 4 is 0 Å². The van der Waals surface area contributed by atoms with Gasteiger partial charge in [0, 0.05) is 17.6 Å². The van der Waals surface area contributed by atoms with Crippen molar-refractivity contribution in [3.8, 4) is 5.75 Å². The monoisotopic (exact) mass is 221 g/mol. The lowest BCUT2D eigenvalue weighted by Crippen LogP contribution is -2.39. The van der Waals surface area contributed by atoms with Crippen molar-refractivity contribution in [1.29, 1.82) is 0 Å². The summed E-state index contributed by atoms with van der Waals surface area (Å²) in [5, 5.41) is 13.3. The second-order valence-electron chi connectivity index (χ2n) is 5.53. The molecule has 90 valence electrons. The zero-order chi connectivity index (χ0) is 12.3. The number of aromatic hydroxyl groups is 1. The van der Waals surface area contributed by atoms with Gasteiger partial charge in [-0.25, -0.2) is 0 Å². The van der Waals surface area contributed by atoms with Crippen molar-refractivity contribution < 1.29 is 5.11 Å². The maximum absolute atomic E-state index is 9.76. The molecule has 2 N–H and O–H groups in total. The van der Waals surface area contributed by atoms with Gasteiger partial charge in [-0.15, -0.1) is 0 Å². The van der Waals surface area contributed by atoms with Gasteiger partial charge in [-0.1, -0.05) is 39.0 Å². The molecule has 0 radical (unpaired) electrons. The van der Waals surface area contributed by atoms with Crippen LogP contribution >= 0.6 is 0 Å². The maximum atomic E-state index is 9.76. The van der Waals surface area contributed by atoms with Crippen molar-refractivity contribution in [2.75, 3.05) is 0 Å². The van der Waals surface area contributed by atoms with Gasteiger partial charge >= 0.3 is 0 Å². The smallest absolute Gasteiger partial charge is 0.120 e. The van der Waals surface area contributed by atoms with Crippen molar-refractivity contribution in [3.05, 3.63) is 29.8 Å². The SMILES string of the molecule is CC(NC(C)C(C)(C)C)c1ccccc1O. The molecule has 0 saturated heterocycles. The molecule has 0 fully saturated rings. The number of nitrogens with one attached hydrogen (secondary N) is 1. The molecule has 0 bridgehead atoms. The topological polar surface area (TPSA) is 32.3 Å². The van der Waals surface area contributed by atoms with Crippen LogP contribution in [0.25, 0.3) is 0 Å². The highest BCUT2D eigenvalue weighted by Gasteiger charge is 2.22. The van der Waals surface area contributed by atoms with E-state index in [0.717, 1.165) is 5.56 Å². The van der Waals surface area contributed by atoms with Crippen LogP contribution in [-0.2, 0) is 0 Å². The van der Waals surface area contributed by atoms with Gasteiger partial charge in [0.2, 0.25) is 0 Å². The van der Waals surface area contributed by atoms with Crippen molar-refractivity contribution in [2.45, 2.75) is 46.7 Å². The Bertz CT molecular complexity index is 341. The average molecular weight is 221 g/mol. The molecule has 2 nitrogen and oxygen atoms in total. The molecule has 0 amide bonds. The lowest BCUT2D eigenvalue weighted by atomic mass is 9.87. The molecule has 0 aliphatic heterocycles. The summed E-state index contributed by atoms with van der Waals surface area (Å²) in [7, 11) is 0. The third kappa shape index (κ3) is 3.24. The number of rotatable bonds is 3. The highest BCUT2D eigenvalue weighted by molar-refractivity contribution is 5.34. The molecule has 0 aromatic heterocycles. The molecule has 0 heterocycles. The van der Waals surface area contributed by atoms with Gasteiger partial charge in [-0.3, -0.25) is 0 Å². The van der Waals surface area contributed by atoms with E-state index in [1.165, 1.54) is 0 Å². The molecule has 1 rings (SSSR count). The van der Waals surface area contributed by atoms with Crippen LogP contribution < -0.4 is 5.32 Å². The van der Waals surface area contributed by atoms with Crippen molar-refractivity contribution in [1.82, 2.24) is 5.32 Å². The number of benzene rings is 1. The third-order valence-electron chi connectivity index (χ3n) is 3.20. The molecule has 0 saturated carbocycles. The zero-order valence-corrected chi connectivity index (χ0v) is 10.9. The quantitative estimate of drug-likeness (QED) is 0.819. The summed E-state index contributed by atoms with van der Waals surface area (Å²) in [6.45, 7) is 10.9. The van der Waals surface area contributed by atoms with Crippen LogP contribution in [0.5, 0.6) is 5.75 Å². The van der Waals surface area contributed by atoms with Gasteiger partial charge in [0.15, 0.2) is 0 Å². The summed E-state index contributed by atoms with van der Waals surface area (Å²) < 4.78 is 0. The molecule has 2 unspecified atom stereocenters. The van der Waals surface area contributed by atoms with E-state index in [1.807, 2.05) is 18.2 Å². The summed E-state index contributed by atoms with van der Waals surface area (Å²) in [6.07, 6.45) is 0. The summed E-state index contributed by atoms with van der Waals surface area (Å²) in [4.78, 5) is 0. The Balaban J connectivity index is 2.73. The highest BCUT2D eigenvalue weighted by Crippen LogP contribution is 2.26. The molecule has 0 aliphatic carbocycles. The van der Waals surface area contributed by atoms with E-state index in [1.54, 1.807) is 6.07 Å². The minimum atomic E-state index is 0.162. The standard InChI is InChI=1S/C14H23NO/c1-10(15-11(2)14(3,4)5)12-8-6-7-9-13(12)16/h6-11,15-16H,1-5H3. The van der Waals surface area contributed by atoms with Crippen LogP contribution in [0.1, 0.15) is 46.2 Å². The van der Waals surface area contributed by atoms with E-state index in [2.05, 4.69) is 39.9 Å². The minimum Gasteiger partial charge on any atom is -0.508 e. The highest BCUT2D eigenvalue weighted by atomic mass is 16.3. The van der Waals surface area contributed by atoms with Crippen LogP contribution in [0.3, 0.4) is 0 Å². The van der Waals surface area contributed by atoms with E-state index >= 15 is 0 Å². The van der Waals surface area contributed by atoms with Crippen molar-refractivity contribution in [2.24, 2.45) is 5.41 Å². The van der Waals surface area contributed by atoms with Crippen molar-refractivity contribution in [3.63, 3.8) is 0 Å². The molecule has 2 heteroatoms. The second-order valence-corrected chi connectivity index (χ2v) is 5.53. The van der Waals surface area contributed by atoms with Gasteiger partial charge in [-0.2, -0.15) is 0 Å². The van der Waals surface area contributed by atoms with E-state index in [0.29, 0.717) is 11.8 Å². The molecule has 1 aromatic rings. The van der Waals surface area contributed by atoms with Gasteiger partial charge in [0.25, 0.3) is 0 Å². The van der Waals surface area contributed by atoms with E-state index in [4.69, 9.17) is 0 Å². The number of hydrogen-bond donors (Lipinski definition) is 2. The number of phenolic OH excluding ortho intramolecular Hbond substituents is 1. The first-order valence-electron chi connectivity index (χ1n) is 5.86. The second kappa shape index (κ2) is 4.88. The van der Waals surface area contributed by atoms with E-state index in [9.17, 15) is 5.11 Å². The largest absolute Gasteiger partial charge is 0.508 e. The number of hydrogen-bond acceptors (Lipinski definition) is 2. The summed E-state index contributed by atoms with van der Waals surface area (Å²) in [5.41, 5.74) is 1.18. The predicted octanol–water partition coefficient (Wildman–Crippen LogP) is 3.48.